The number of carbonyl (C=O) groups excluding carboxylic acids is 1. The number of amides is 1. The molecule has 3 rings (SSSR count). The molecule has 8 heteroatoms. The fourth-order valence-corrected chi connectivity index (χ4v) is 5.32. The minimum atomic E-state index is -3.29. The fraction of sp³-hybridized carbons (Fsp3) is 0.350. The van der Waals surface area contributed by atoms with Gasteiger partial charge in [-0.2, -0.15) is 0 Å². The SMILES string of the molecule is O=C(Cc1ccccc1[N+](=O)[O-])N1CCC(S(=O)(=O)Cc2ccccc2)CC1. The summed E-state index contributed by atoms with van der Waals surface area (Å²) in [5.41, 5.74) is 1.06. The number of carbonyl (C=O) groups is 1. The molecule has 28 heavy (non-hydrogen) atoms. The van der Waals surface area contributed by atoms with Crippen molar-refractivity contribution >= 4 is 21.4 Å². The highest BCUT2D eigenvalue weighted by Crippen LogP contribution is 2.23. The fourth-order valence-electron chi connectivity index (χ4n) is 3.50. The number of nitrogens with zero attached hydrogens (tertiary/aromatic N) is 2. The molecule has 0 aromatic heterocycles. The second-order valence-electron chi connectivity index (χ2n) is 6.94. The van der Waals surface area contributed by atoms with Crippen molar-refractivity contribution in [1.29, 1.82) is 0 Å². The number of hydrogen-bond donors (Lipinski definition) is 0. The van der Waals surface area contributed by atoms with Crippen LogP contribution in [0.4, 0.5) is 5.69 Å². The van der Waals surface area contributed by atoms with Crippen LogP contribution in [-0.4, -0.2) is 42.5 Å². The molecule has 1 heterocycles. The molecule has 0 saturated carbocycles. The molecule has 0 aliphatic carbocycles. The van der Waals surface area contributed by atoms with Gasteiger partial charge in [-0.25, -0.2) is 8.42 Å². The predicted molar refractivity (Wildman–Crippen MR) is 105 cm³/mol. The standard InChI is InChI=1S/C20H22N2O5S/c23-20(14-17-8-4-5-9-19(17)22(24)25)21-12-10-18(11-13-21)28(26,27)15-16-6-2-1-3-7-16/h1-9,18H,10-15H2. The maximum Gasteiger partial charge on any atom is 0.273 e. The molecule has 0 spiro atoms. The highest BCUT2D eigenvalue weighted by atomic mass is 32.2. The molecule has 1 fully saturated rings. The van der Waals surface area contributed by atoms with E-state index in [1.165, 1.54) is 6.07 Å². The van der Waals surface area contributed by atoms with Crippen LogP contribution in [-0.2, 0) is 26.8 Å². The van der Waals surface area contributed by atoms with Crippen molar-refractivity contribution in [2.75, 3.05) is 13.1 Å². The van der Waals surface area contributed by atoms with Gasteiger partial charge in [-0.15, -0.1) is 0 Å². The van der Waals surface area contributed by atoms with E-state index in [1.54, 1.807) is 35.2 Å². The van der Waals surface area contributed by atoms with Crippen LogP contribution in [0.25, 0.3) is 0 Å². The summed E-state index contributed by atoms with van der Waals surface area (Å²) in [7, 11) is -3.29. The van der Waals surface area contributed by atoms with E-state index in [9.17, 15) is 23.3 Å². The number of piperidine rings is 1. The van der Waals surface area contributed by atoms with Crippen molar-refractivity contribution in [3.63, 3.8) is 0 Å². The summed E-state index contributed by atoms with van der Waals surface area (Å²) in [4.78, 5) is 24.7. The van der Waals surface area contributed by atoms with Crippen molar-refractivity contribution in [1.82, 2.24) is 4.90 Å². The van der Waals surface area contributed by atoms with Crippen LogP contribution < -0.4 is 0 Å². The van der Waals surface area contributed by atoms with Gasteiger partial charge < -0.3 is 4.90 Å². The van der Waals surface area contributed by atoms with Gasteiger partial charge in [-0.3, -0.25) is 14.9 Å². The molecule has 148 valence electrons. The van der Waals surface area contributed by atoms with Crippen LogP contribution in [0.2, 0.25) is 0 Å². The molecule has 1 saturated heterocycles. The van der Waals surface area contributed by atoms with Gasteiger partial charge in [0.1, 0.15) is 0 Å². The first-order valence-electron chi connectivity index (χ1n) is 9.12. The molecule has 7 nitrogen and oxygen atoms in total. The normalized spacial score (nSPS) is 15.4. The van der Waals surface area contributed by atoms with Crippen molar-refractivity contribution < 1.29 is 18.1 Å². The Labute approximate surface area is 164 Å². The number of benzene rings is 2. The summed E-state index contributed by atoms with van der Waals surface area (Å²) in [6.07, 6.45) is 0.716. The Morgan fingerprint density at radius 3 is 2.29 bits per heavy atom. The van der Waals surface area contributed by atoms with Crippen LogP contribution in [0.1, 0.15) is 24.0 Å². The number of para-hydroxylation sites is 1. The van der Waals surface area contributed by atoms with Gasteiger partial charge in [-0.05, 0) is 18.4 Å². The van der Waals surface area contributed by atoms with E-state index in [0.717, 1.165) is 5.56 Å². The van der Waals surface area contributed by atoms with Gasteiger partial charge in [-0.1, -0.05) is 48.5 Å². The van der Waals surface area contributed by atoms with Gasteiger partial charge in [0, 0.05) is 24.7 Å². The molecule has 0 radical (unpaired) electrons. The minimum absolute atomic E-state index is 0.00264. The first kappa shape index (κ1) is 20.0. The van der Waals surface area contributed by atoms with E-state index >= 15 is 0 Å². The van der Waals surface area contributed by atoms with E-state index in [-0.39, 0.29) is 23.8 Å². The third-order valence-electron chi connectivity index (χ3n) is 5.04. The lowest BCUT2D eigenvalue weighted by molar-refractivity contribution is -0.385. The maximum atomic E-state index is 12.7. The first-order chi connectivity index (χ1) is 13.4. The Bertz CT molecular complexity index is 952. The second kappa shape index (κ2) is 8.52. The van der Waals surface area contributed by atoms with Gasteiger partial charge in [0.15, 0.2) is 9.84 Å². The van der Waals surface area contributed by atoms with E-state index < -0.39 is 20.0 Å². The van der Waals surface area contributed by atoms with E-state index in [0.29, 0.717) is 31.5 Å². The highest BCUT2D eigenvalue weighted by molar-refractivity contribution is 7.91. The molecule has 2 aromatic rings. The molecule has 0 unspecified atom stereocenters. The molecule has 1 aliphatic heterocycles. The van der Waals surface area contributed by atoms with Gasteiger partial charge in [0.2, 0.25) is 5.91 Å². The molecule has 0 bridgehead atoms. The zero-order valence-electron chi connectivity index (χ0n) is 15.4. The average molecular weight is 402 g/mol. The van der Waals surface area contributed by atoms with E-state index in [1.807, 2.05) is 18.2 Å². The third kappa shape index (κ3) is 4.75. The summed E-state index contributed by atoms with van der Waals surface area (Å²) < 4.78 is 25.3. The van der Waals surface area contributed by atoms with E-state index in [2.05, 4.69) is 0 Å². The Morgan fingerprint density at radius 2 is 1.64 bits per heavy atom. The zero-order valence-corrected chi connectivity index (χ0v) is 16.2. The minimum Gasteiger partial charge on any atom is -0.342 e. The molecule has 1 amide bonds. The Balaban J connectivity index is 1.59. The second-order valence-corrected chi connectivity index (χ2v) is 9.22. The number of nitro groups is 1. The quantitative estimate of drug-likeness (QED) is 0.547. The smallest absolute Gasteiger partial charge is 0.273 e. The topological polar surface area (TPSA) is 97.6 Å². The van der Waals surface area contributed by atoms with Crippen LogP contribution >= 0.6 is 0 Å². The summed E-state index contributed by atoms with van der Waals surface area (Å²) >= 11 is 0. The van der Waals surface area contributed by atoms with Crippen molar-refractivity contribution in [2.45, 2.75) is 30.3 Å². The average Bonchev–Trinajstić information content (AvgIpc) is 2.69. The number of hydrogen-bond acceptors (Lipinski definition) is 5. The van der Waals surface area contributed by atoms with Crippen molar-refractivity contribution in [3.05, 3.63) is 75.8 Å². The largest absolute Gasteiger partial charge is 0.342 e. The Morgan fingerprint density at radius 1 is 1.04 bits per heavy atom. The lowest BCUT2D eigenvalue weighted by Crippen LogP contribution is -2.43. The molecule has 0 atom stereocenters. The summed E-state index contributed by atoms with van der Waals surface area (Å²) in [6.45, 7) is 0.691. The third-order valence-corrected chi connectivity index (χ3v) is 7.27. The lowest BCUT2D eigenvalue weighted by Gasteiger charge is -2.32. The summed E-state index contributed by atoms with van der Waals surface area (Å²) in [5, 5.41) is 10.6. The van der Waals surface area contributed by atoms with Gasteiger partial charge in [0.05, 0.1) is 22.3 Å². The van der Waals surface area contributed by atoms with Crippen LogP contribution in [0, 0.1) is 10.1 Å². The predicted octanol–water partition coefficient (Wildman–Crippen LogP) is 2.74. The zero-order chi connectivity index (χ0) is 20.1. The lowest BCUT2D eigenvalue weighted by atomic mass is 10.1. The summed E-state index contributed by atoms with van der Waals surface area (Å²) in [5.74, 6) is -0.212. The van der Waals surface area contributed by atoms with Crippen molar-refractivity contribution in [2.24, 2.45) is 0 Å². The molecule has 2 aromatic carbocycles. The molecular weight excluding hydrogens is 380 g/mol. The van der Waals surface area contributed by atoms with Crippen LogP contribution in [0.5, 0.6) is 0 Å². The number of sulfone groups is 1. The Hall–Kier alpha value is -2.74. The van der Waals surface area contributed by atoms with Gasteiger partial charge >= 0.3 is 0 Å². The van der Waals surface area contributed by atoms with Crippen molar-refractivity contribution in [3.8, 4) is 0 Å². The molecular formula is C20H22N2O5S. The Kier molecular flexibility index (Phi) is 6.08. The highest BCUT2D eigenvalue weighted by Gasteiger charge is 2.32. The number of nitro benzene ring substituents is 1. The van der Waals surface area contributed by atoms with Gasteiger partial charge in [0.25, 0.3) is 5.69 Å². The molecule has 1 aliphatic rings. The summed E-state index contributed by atoms with van der Waals surface area (Å²) in [6, 6.07) is 15.2. The van der Waals surface area contributed by atoms with E-state index in [4.69, 9.17) is 0 Å². The maximum absolute atomic E-state index is 12.7. The molecule has 0 N–H and O–H groups in total. The first-order valence-corrected chi connectivity index (χ1v) is 10.8. The van der Waals surface area contributed by atoms with Crippen LogP contribution in [0.15, 0.2) is 54.6 Å². The number of rotatable bonds is 6. The monoisotopic (exact) mass is 402 g/mol. The van der Waals surface area contributed by atoms with Crippen LogP contribution in [0.3, 0.4) is 0 Å². The number of likely N-dealkylation sites (tertiary alicyclic amines) is 1.